The number of nitrogens with one attached hydrogen (secondary N) is 3. The molecule has 1 rings (SSSR count). The summed E-state index contributed by atoms with van der Waals surface area (Å²) in [4.78, 5) is 4.07. The van der Waals surface area contributed by atoms with E-state index in [2.05, 4.69) is 20.9 Å². The molecular weight excluding hydrogens is 152 g/mol. The molecule has 0 radical (unpaired) electrons. The predicted molar refractivity (Wildman–Crippen MR) is 52.9 cm³/mol. The van der Waals surface area contributed by atoms with Crippen LogP contribution in [0.1, 0.15) is 0 Å². The van der Waals surface area contributed by atoms with Crippen LogP contribution < -0.4 is 16.0 Å². The fourth-order valence-electron chi connectivity index (χ4n) is 1.11. The maximum Gasteiger partial charge on any atom is 0.0840 e. The molecule has 0 aliphatic heterocycles. The minimum atomic E-state index is 0.990. The smallest absolute Gasteiger partial charge is 0.0840 e. The normalized spacial score (nSPS) is 9.25. The molecule has 0 unspecified atom stereocenters. The molecule has 0 amide bonds. The van der Waals surface area contributed by atoms with Crippen LogP contribution in [0.2, 0.25) is 0 Å². The number of rotatable bonds is 3. The van der Waals surface area contributed by atoms with Crippen LogP contribution in [0.25, 0.3) is 0 Å². The average molecular weight is 166 g/mol. The van der Waals surface area contributed by atoms with Crippen molar-refractivity contribution in [1.29, 1.82) is 0 Å². The van der Waals surface area contributed by atoms with E-state index in [4.69, 9.17) is 0 Å². The molecule has 1 aromatic rings. The van der Waals surface area contributed by atoms with Gasteiger partial charge < -0.3 is 16.0 Å². The highest BCUT2D eigenvalue weighted by Crippen LogP contribution is 2.27. The van der Waals surface area contributed by atoms with Crippen LogP contribution in [0.5, 0.6) is 0 Å². The van der Waals surface area contributed by atoms with Crippen LogP contribution in [-0.4, -0.2) is 26.1 Å². The van der Waals surface area contributed by atoms with Crippen molar-refractivity contribution in [3.63, 3.8) is 0 Å². The van der Waals surface area contributed by atoms with E-state index in [-0.39, 0.29) is 0 Å². The van der Waals surface area contributed by atoms with Crippen molar-refractivity contribution in [2.75, 3.05) is 37.1 Å². The summed E-state index contributed by atoms with van der Waals surface area (Å²) < 4.78 is 0. The Kier molecular flexibility index (Phi) is 2.74. The number of hydrogen-bond donors (Lipinski definition) is 3. The van der Waals surface area contributed by atoms with Gasteiger partial charge in [-0.25, -0.2) is 0 Å². The SMILES string of the molecule is CNc1cncc(NC)c1NC. The molecule has 0 aromatic carbocycles. The molecule has 66 valence electrons. The van der Waals surface area contributed by atoms with Gasteiger partial charge in [-0.15, -0.1) is 0 Å². The van der Waals surface area contributed by atoms with E-state index in [1.165, 1.54) is 0 Å². The van der Waals surface area contributed by atoms with E-state index in [9.17, 15) is 0 Å². The van der Waals surface area contributed by atoms with Gasteiger partial charge in [0, 0.05) is 21.1 Å². The Hall–Kier alpha value is -1.45. The molecule has 0 aliphatic rings. The van der Waals surface area contributed by atoms with E-state index in [1.807, 2.05) is 21.1 Å². The molecule has 4 nitrogen and oxygen atoms in total. The highest BCUT2D eigenvalue weighted by atomic mass is 15.0. The lowest BCUT2D eigenvalue weighted by molar-refractivity contribution is 1.28. The summed E-state index contributed by atoms with van der Waals surface area (Å²) in [5.41, 5.74) is 3.02. The van der Waals surface area contributed by atoms with Gasteiger partial charge in [0.25, 0.3) is 0 Å². The molecule has 0 aliphatic carbocycles. The number of pyridine rings is 1. The first-order valence-electron chi connectivity index (χ1n) is 3.84. The standard InChI is InChI=1S/C8H14N4/c1-9-6-4-12-5-7(10-2)8(6)11-3/h4-5,9-10H,1-3H3,(H,11,12). The van der Waals surface area contributed by atoms with Crippen molar-refractivity contribution in [3.05, 3.63) is 12.4 Å². The Balaban J connectivity index is 3.13. The number of anilines is 3. The van der Waals surface area contributed by atoms with Crippen molar-refractivity contribution in [3.8, 4) is 0 Å². The maximum absolute atomic E-state index is 4.07. The molecule has 4 heteroatoms. The Labute approximate surface area is 72.4 Å². The first-order valence-corrected chi connectivity index (χ1v) is 3.84. The highest BCUT2D eigenvalue weighted by Gasteiger charge is 2.03. The largest absolute Gasteiger partial charge is 0.385 e. The van der Waals surface area contributed by atoms with Gasteiger partial charge in [-0.2, -0.15) is 0 Å². The van der Waals surface area contributed by atoms with Gasteiger partial charge in [-0.3, -0.25) is 4.98 Å². The Morgan fingerprint density at radius 1 is 0.917 bits per heavy atom. The quantitative estimate of drug-likeness (QED) is 0.631. The van der Waals surface area contributed by atoms with Gasteiger partial charge in [-0.1, -0.05) is 0 Å². The van der Waals surface area contributed by atoms with Gasteiger partial charge in [0.2, 0.25) is 0 Å². The molecule has 12 heavy (non-hydrogen) atoms. The molecule has 3 N–H and O–H groups in total. The molecule has 1 heterocycles. The second-order valence-electron chi connectivity index (χ2n) is 2.36. The molecular formula is C8H14N4. The first kappa shape index (κ1) is 8.64. The highest BCUT2D eigenvalue weighted by molar-refractivity contribution is 5.80. The third kappa shape index (κ3) is 1.42. The summed E-state index contributed by atoms with van der Waals surface area (Å²) >= 11 is 0. The molecule has 0 saturated heterocycles. The summed E-state index contributed by atoms with van der Waals surface area (Å²) in [6, 6.07) is 0. The van der Waals surface area contributed by atoms with Crippen LogP contribution in [0, 0.1) is 0 Å². The van der Waals surface area contributed by atoms with Crippen molar-refractivity contribution in [1.82, 2.24) is 4.98 Å². The van der Waals surface area contributed by atoms with Crippen LogP contribution in [0.4, 0.5) is 17.1 Å². The Morgan fingerprint density at radius 2 is 1.42 bits per heavy atom. The zero-order valence-corrected chi connectivity index (χ0v) is 7.60. The first-order chi connectivity index (χ1) is 5.83. The fourth-order valence-corrected chi connectivity index (χ4v) is 1.11. The van der Waals surface area contributed by atoms with Crippen molar-refractivity contribution in [2.24, 2.45) is 0 Å². The topological polar surface area (TPSA) is 49.0 Å². The van der Waals surface area contributed by atoms with E-state index >= 15 is 0 Å². The summed E-state index contributed by atoms with van der Waals surface area (Å²) in [5, 5.41) is 9.21. The second kappa shape index (κ2) is 3.80. The number of aromatic nitrogens is 1. The Bertz CT molecular complexity index is 237. The molecule has 0 spiro atoms. The lowest BCUT2D eigenvalue weighted by atomic mass is 10.3. The van der Waals surface area contributed by atoms with Gasteiger partial charge in [0.05, 0.1) is 29.5 Å². The predicted octanol–water partition coefficient (Wildman–Crippen LogP) is 1.21. The van der Waals surface area contributed by atoms with Crippen LogP contribution in [0.15, 0.2) is 12.4 Å². The molecule has 0 bridgehead atoms. The minimum absolute atomic E-state index is 0.990. The molecule has 0 atom stereocenters. The molecule has 1 aromatic heterocycles. The summed E-state index contributed by atoms with van der Waals surface area (Å²) in [5.74, 6) is 0. The molecule has 0 saturated carbocycles. The zero-order valence-electron chi connectivity index (χ0n) is 7.60. The molecule has 0 fully saturated rings. The summed E-state index contributed by atoms with van der Waals surface area (Å²) in [7, 11) is 5.63. The van der Waals surface area contributed by atoms with E-state index in [0.29, 0.717) is 0 Å². The van der Waals surface area contributed by atoms with Gasteiger partial charge in [0.15, 0.2) is 0 Å². The van der Waals surface area contributed by atoms with E-state index in [1.54, 1.807) is 12.4 Å². The van der Waals surface area contributed by atoms with Crippen molar-refractivity contribution < 1.29 is 0 Å². The van der Waals surface area contributed by atoms with Gasteiger partial charge >= 0.3 is 0 Å². The maximum atomic E-state index is 4.07. The van der Waals surface area contributed by atoms with Gasteiger partial charge in [-0.05, 0) is 0 Å². The van der Waals surface area contributed by atoms with Crippen LogP contribution >= 0.6 is 0 Å². The van der Waals surface area contributed by atoms with Crippen molar-refractivity contribution >= 4 is 17.1 Å². The Morgan fingerprint density at radius 3 is 1.75 bits per heavy atom. The van der Waals surface area contributed by atoms with E-state index < -0.39 is 0 Å². The third-order valence-electron chi connectivity index (χ3n) is 1.73. The minimum Gasteiger partial charge on any atom is -0.385 e. The van der Waals surface area contributed by atoms with Crippen molar-refractivity contribution in [2.45, 2.75) is 0 Å². The number of hydrogen-bond acceptors (Lipinski definition) is 4. The third-order valence-corrected chi connectivity index (χ3v) is 1.73. The number of nitrogens with zero attached hydrogens (tertiary/aromatic N) is 1. The summed E-state index contributed by atoms with van der Waals surface area (Å²) in [6.07, 6.45) is 3.57. The van der Waals surface area contributed by atoms with Crippen LogP contribution in [0.3, 0.4) is 0 Å². The fraction of sp³-hybridized carbons (Fsp3) is 0.375. The lowest BCUT2D eigenvalue weighted by Crippen LogP contribution is -2.01. The second-order valence-corrected chi connectivity index (χ2v) is 2.36. The van der Waals surface area contributed by atoms with Crippen LogP contribution in [-0.2, 0) is 0 Å². The monoisotopic (exact) mass is 166 g/mol. The average Bonchev–Trinajstić information content (AvgIpc) is 2.16. The summed E-state index contributed by atoms with van der Waals surface area (Å²) in [6.45, 7) is 0. The zero-order chi connectivity index (χ0) is 8.97. The van der Waals surface area contributed by atoms with Gasteiger partial charge in [0.1, 0.15) is 0 Å². The van der Waals surface area contributed by atoms with E-state index in [0.717, 1.165) is 17.1 Å². The lowest BCUT2D eigenvalue weighted by Gasteiger charge is -2.12.